The minimum absolute atomic E-state index is 0.112. The van der Waals surface area contributed by atoms with Gasteiger partial charge >= 0.3 is 0 Å². The third-order valence-electron chi connectivity index (χ3n) is 4.92. The van der Waals surface area contributed by atoms with Crippen LogP contribution in [0.2, 0.25) is 5.02 Å². The number of benzene rings is 2. The Morgan fingerprint density at radius 3 is 2.71 bits per heavy atom. The van der Waals surface area contributed by atoms with E-state index in [0.29, 0.717) is 13.1 Å². The Morgan fingerprint density at radius 2 is 2.00 bits per heavy atom. The van der Waals surface area contributed by atoms with Gasteiger partial charge in [-0.3, -0.25) is 4.79 Å². The van der Waals surface area contributed by atoms with Gasteiger partial charge in [0.05, 0.1) is 15.2 Å². The molecule has 0 unspecified atom stereocenters. The van der Waals surface area contributed by atoms with Crippen molar-refractivity contribution in [2.24, 2.45) is 0 Å². The van der Waals surface area contributed by atoms with Crippen LogP contribution in [-0.2, 0) is 0 Å². The molecule has 1 aliphatic rings. The first-order valence-electron chi connectivity index (χ1n) is 9.39. The number of rotatable bonds is 4. The van der Waals surface area contributed by atoms with Gasteiger partial charge in [-0.15, -0.1) is 11.8 Å². The van der Waals surface area contributed by atoms with E-state index in [9.17, 15) is 4.79 Å². The van der Waals surface area contributed by atoms with E-state index in [0.717, 1.165) is 55.2 Å². The van der Waals surface area contributed by atoms with Crippen LogP contribution in [0.25, 0.3) is 10.2 Å². The van der Waals surface area contributed by atoms with Crippen molar-refractivity contribution in [3.05, 3.63) is 52.5 Å². The molecule has 1 saturated heterocycles. The summed E-state index contributed by atoms with van der Waals surface area (Å²) in [5, 5.41) is 1.74. The number of halogens is 1. The number of aromatic nitrogens is 1. The van der Waals surface area contributed by atoms with Crippen molar-refractivity contribution < 1.29 is 4.79 Å². The predicted molar refractivity (Wildman–Crippen MR) is 120 cm³/mol. The van der Waals surface area contributed by atoms with E-state index < -0.39 is 0 Å². The lowest BCUT2D eigenvalue weighted by Crippen LogP contribution is -2.48. The number of anilines is 1. The van der Waals surface area contributed by atoms with Crippen molar-refractivity contribution >= 4 is 56.0 Å². The molecule has 7 heteroatoms. The highest BCUT2D eigenvalue weighted by Gasteiger charge is 2.24. The highest BCUT2D eigenvalue weighted by atomic mass is 35.5. The van der Waals surface area contributed by atoms with E-state index in [1.807, 2.05) is 35.2 Å². The maximum absolute atomic E-state index is 12.9. The quantitative estimate of drug-likeness (QED) is 0.523. The Bertz CT molecular complexity index is 973. The third kappa shape index (κ3) is 3.86. The summed E-state index contributed by atoms with van der Waals surface area (Å²) in [4.78, 5) is 23.1. The summed E-state index contributed by atoms with van der Waals surface area (Å²) in [5.74, 6) is 1.11. The van der Waals surface area contributed by atoms with E-state index in [1.54, 1.807) is 23.1 Å². The van der Waals surface area contributed by atoms with Crippen LogP contribution in [0.15, 0.2) is 41.3 Å². The van der Waals surface area contributed by atoms with Crippen molar-refractivity contribution in [1.82, 2.24) is 9.88 Å². The van der Waals surface area contributed by atoms with Crippen LogP contribution in [0.3, 0.4) is 0 Å². The maximum Gasteiger partial charge on any atom is 0.254 e. The standard InChI is InChI=1S/C21H22ClN3OS2/c1-3-27-16-6-4-5-15(13-16)20(26)24-9-11-25(12-10-24)21-23-18-14(2)7-8-17(22)19(18)28-21/h4-8,13H,3,9-12H2,1-2H3. The first kappa shape index (κ1) is 19.6. The summed E-state index contributed by atoms with van der Waals surface area (Å²) in [7, 11) is 0. The van der Waals surface area contributed by atoms with Gasteiger partial charge in [-0.05, 0) is 42.5 Å². The van der Waals surface area contributed by atoms with Crippen molar-refractivity contribution in [3.8, 4) is 0 Å². The van der Waals surface area contributed by atoms with Crippen LogP contribution >= 0.6 is 34.7 Å². The first-order chi connectivity index (χ1) is 13.6. The van der Waals surface area contributed by atoms with Crippen molar-refractivity contribution in [2.45, 2.75) is 18.7 Å². The molecular weight excluding hydrogens is 410 g/mol. The summed E-state index contributed by atoms with van der Waals surface area (Å²) in [5.41, 5.74) is 2.89. The highest BCUT2D eigenvalue weighted by Crippen LogP contribution is 2.35. The number of thiazole rings is 1. The number of thioether (sulfide) groups is 1. The minimum Gasteiger partial charge on any atom is -0.345 e. The van der Waals surface area contributed by atoms with Crippen LogP contribution in [0.5, 0.6) is 0 Å². The molecule has 28 heavy (non-hydrogen) atoms. The lowest BCUT2D eigenvalue weighted by molar-refractivity contribution is 0.0746. The molecule has 3 aromatic rings. The molecule has 0 N–H and O–H groups in total. The summed E-state index contributed by atoms with van der Waals surface area (Å²) < 4.78 is 1.04. The molecule has 0 bridgehead atoms. The molecule has 4 rings (SSSR count). The number of carbonyl (C=O) groups is 1. The SMILES string of the molecule is CCSc1cccc(C(=O)N2CCN(c3nc4c(C)ccc(Cl)c4s3)CC2)c1. The zero-order valence-corrected chi connectivity index (χ0v) is 18.3. The third-order valence-corrected chi connectivity index (χ3v) is 7.37. The van der Waals surface area contributed by atoms with Crippen LogP contribution < -0.4 is 4.90 Å². The van der Waals surface area contributed by atoms with Gasteiger partial charge in [0.2, 0.25) is 0 Å². The molecule has 0 atom stereocenters. The topological polar surface area (TPSA) is 36.4 Å². The molecule has 2 aromatic carbocycles. The lowest BCUT2D eigenvalue weighted by atomic mass is 10.2. The van der Waals surface area contributed by atoms with Crippen LogP contribution in [-0.4, -0.2) is 47.7 Å². The van der Waals surface area contributed by atoms with Gasteiger partial charge in [0.1, 0.15) is 0 Å². The highest BCUT2D eigenvalue weighted by molar-refractivity contribution is 7.99. The Morgan fingerprint density at radius 1 is 1.21 bits per heavy atom. The van der Waals surface area contributed by atoms with E-state index >= 15 is 0 Å². The second-order valence-corrected chi connectivity index (χ2v) is 9.50. The number of amides is 1. The van der Waals surface area contributed by atoms with Gasteiger partial charge in [0.15, 0.2) is 5.13 Å². The fourth-order valence-corrected chi connectivity index (χ4v) is 5.48. The Balaban J connectivity index is 1.46. The zero-order valence-electron chi connectivity index (χ0n) is 15.9. The monoisotopic (exact) mass is 431 g/mol. The molecule has 1 aromatic heterocycles. The van der Waals surface area contributed by atoms with E-state index in [-0.39, 0.29) is 5.91 Å². The summed E-state index contributed by atoms with van der Waals surface area (Å²) >= 11 is 9.74. The predicted octanol–water partition coefficient (Wildman–Crippen LogP) is 5.33. The summed E-state index contributed by atoms with van der Waals surface area (Å²) in [6.45, 7) is 7.15. The number of piperazine rings is 1. The van der Waals surface area contributed by atoms with Gasteiger partial charge in [-0.1, -0.05) is 42.0 Å². The molecule has 0 aliphatic carbocycles. The van der Waals surface area contributed by atoms with Crippen molar-refractivity contribution in [2.75, 3.05) is 36.8 Å². The van der Waals surface area contributed by atoms with Gasteiger partial charge in [0, 0.05) is 36.6 Å². The fourth-order valence-electron chi connectivity index (χ4n) is 3.40. The zero-order chi connectivity index (χ0) is 19.7. The Labute approximate surface area is 178 Å². The normalized spacial score (nSPS) is 14.7. The average Bonchev–Trinajstić information content (AvgIpc) is 3.18. The lowest BCUT2D eigenvalue weighted by Gasteiger charge is -2.34. The molecule has 0 saturated carbocycles. The summed E-state index contributed by atoms with van der Waals surface area (Å²) in [6, 6.07) is 11.9. The average molecular weight is 432 g/mol. The molecule has 4 nitrogen and oxygen atoms in total. The fraction of sp³-hybridized carbons (Fsp3) is 0.333. The van der Waals surface area contributed by atoms with Crippen LogP contribution in [0.4, 0.5) is 5.13 Å². The maximum atomic E-state index is 12.9. The summed E-state index contributed by atoms with van der Waals surface area (Å²) in [6.07, 6.45) is 0. The van der Waals surface area contributed by atoms with Gasteiger partial charge in [-0.25, -0.2) is 4.98 Å². The first-order valence-corrected chi connectivity index (χ1v) is 11.6. The van der Waals surface area contributed by atoms with Crippen LogP contribution in [0, 0.1) is 6.92 Å². The number of nitrogens with zero attached hydrogens (tertiary/aromatic N) is 3. The molecular formula is C21H22ClN3OS2. The number of hydrogen-bond acceptors (Lipinski definition) is 5. The van der Waals surface area contributed by atoms with E-state index in [2.05, 4.69) is 24.8 Å². The molecule has 1 fully saturated rings. The number of hydrogen-bond donors (Lipinski definition) is 0. The Hall–Kier alpha value is -1.76. The molecule has 146 valence electrons. The molecule has 0 spiro atoms. The largest absolute Gasteiger partial charge is 0.345 e. The second kappa shape index (κ2) is 8.31. The van der Waals surface area contributed by atoms with Gasteiger partial charge in [0.25, 0.3) is 5.91 Å². The molecule has 1 amide bonds. The minimum atomic E-state index is 0.112. The number of fused-ring (bicyclic) bond motifs is 1. The smallest absolute Gasteiger partial charge is 0.254 e. The Kier molecular flexibility index (Phi) is 5.80. The van der Waals surface area contributed by atoms with E-state index in [4.69, 9.17) is 16.6 Å². The molecule has 1 aliphatic heterocycles. The van der Waals surface area contributed by atoms with E-state index in [1.165, 1.54) is 0 Å². The second-order valence-electron chi connectivity index (χ2n) is 6.78. The number of carbonyl (C=O) groups excluding carboxylic acids is 1. The van der Waals surface area contributed by atoms with Gasteiger partial charge < -0.3 is 9.80 Å². The number of aryl methyl sites for hydroxylation is 1. The molecule has 2 heterocycles. The van der Waals surface area contributed by atoms with Crippen molar-refractivity contribution in [3.63, 3.8) is 0 Å². The molecule has 0 radical (unpaired) electrons. The van der Waals surface area contributed by atoms with Crippen molar-refractivity contribution in [1.29, 1.82) is 0 Å². The van der Waals surface area contributed by atoms with Gasteiger partial charge in [-0.2, -0.15) is 0 Å². The van der Waals surface area contributed by atoms with Crippen LogP contribution in [0.1, 0.15) is 22.8 Å².